The average Bonchev–Trinajstić information content (AvgIpc) is 3.25. The first-order chi connectivity index (χ1) is 12.7. The zero-order chi connectivity index (χ0) is 17.7. The third-order valence-electron chi connectivity index (χ3n) is 5.00. The van der Waals surface area contributed by atoms with Gasteiger partial charge >= 0.3 is 0 Å². The smallest absolute Gasteiger partial charge is 0.0689 e. The van der Waals surface area contributed by atoms with Crippen LogP contribution in [0.3, 0.4) is 0 Å². The molecule has 4 N–H and O–H groups in total. The fraction of sp³-hybridized carbons (Fsp3) is 0.0909. The molecule has 0 spiro atoms. The summed E-state index contributed by atoms with van der Waals surface area (Å²) in [6, 6.07) is 20.4. The zero-order valence-corrected chi connectivity index (χ0v) is 14.2. The van der Waals surface area contributed by atoms with E-state index in [0.717, 1.165) is 58.1 Å². The summed E-state index contributed by atoms with van der Waals surface area (Å²) in [5.74, 6) is 0. The van der Waals surface area contributed by atoms with E-state index in [1.807, 2.05) is 24.3 Å². The lowest BCUT2D eigenvalue weighted by molar-refractivity contribution is 1.38. The predicted molar refractivity (Wildman–Crippen MR) is 108 cm³/mol. The number of nitrogen functional groups attached to an aromatic ring is 2. The van der Waals surface area contributed by atoms with Crippen molar-refractivity contribution < 1.29 is 0 Å². The predicted octanol–water partition coefficient (Wildman–Crippen LogP) is 4.20. The van der Waals surface area contributed by atoms with Crippen LogP contribution in [0, 0.1) is 0 Å². The second-order valence-corrected chi connectivity index (χ2v) is 6.82. The summed E-state index contributed by atoms with van der Waals surface area (Å²) in [4.78, 5) is 9.49. The van der Waals surface area contributed by atoms with Gasteiger partial charge in [0.2, 0.25) is 0 Å². The number of hydrogen-bond donors (Lipinski definition) is 2. The molecular weight excluding hydrogens is 320 g/mol. The lowest BCUT2D eigenvalue weighted by Crippen LogP contribution is -2.03. The minimum Gasteiger partial charge on any atom is -0.399 e. The van der Waals surface area contributed by atoms with Crippen molar-refractivity contribution >= 4 is 34.2 Å². The first-order valence-corrected chi connectivity index (χ1v) is 8.68. The van der Waals surface area contributed by atoms with Crippen LogP contribution in [-0.2, 0) is 12.8 Å². The molecule has 3 aromatic carbocycles. The number of fused-ring (bicyclic) bond motifs is 2. The quantitative estimate of drug-likeness (QED) is 0.687. The number of hydrogen-bond acceptors (Lipinski definition) is 4. The number of nitrogens with zero attached hydrogens (tertiary/aromatic N) is 2. The summed E-state index contributed by atoms with van der Waals surface area (Å²) in [6.45, 7) is 0. The van der Waals surface area contributed by atoms with Crippen LogP contribution in [0.1, 0.15) is 22.3 Å². The Labute approximate surface area is 151 Å². The molecule has 3 aromatic rings. The number of aliphatic imine (C=N–C) groups is 2. The Kier molecular flexibility index (Phi) is 3.19. The fourth-order valence-electron chi connectivity index (χ4n) is 3.59. The zero-order valence-electron chi connectivity index (χ0n) is 14.2. The van der Waals surface area contributed by atoms with Gasteiger partial charge in [-0.2, -0.15) is 0 Å². The SMILES string of the molecule is Nc1ccc2c(c1)N=C(c1ccc(C3=Nc4cc(N)ccc4C3)cc1)C2. The summed E-state index contributed by atoms with van der Waals surface area (Å²) in [7, 11) is 0. The van der Waals surface area contributed by atoms with Gasteiger partial charge in [0.1, 0.15) is 0 Å². The van der Waals surface area contributed by atoms with Crippen molar-refractivity contribution in [2.45, 2.75) is 12.8 Å². The van der Waals surface area contributed by atoms with E-state index in [2.05, 4.69) is 36.4 Å². The van der Waals surface area contributed by atoms with Gasteiger partial charge in [-0.3, -0.25) is 9.98 Å². The summed E-state index contributed by atoms with van der Waals surface area (Å²) in [6.07, 6.45) is 1.70. The monoisotopic (exact) mass is 338 g/mol. The molecule has 0 saturated carbocycles. The summed E-state index contributed by atoms with van der Waals surface area (Å²) in [5, 5.41) is 0. The molecule has 0 amide bonds. The Morgan fingerprint density at radius 1 is 0.577 bits per heavy atom. The first kappa shape index (κ1) is 14.9. The van der Waals surface area contributed by atoms with Crippen molar-refractivity contribution in [3.63, 3.8) is 0 Å². The number of anilines is 2. The van der Waals surface area contributed by atoms with Crippen molar-refractivity contribution in [3.8, 4) is 0 Å². The number of rotatable bonds is 2. The highest BCUT2D eigenvalue weighted by molar-refractivity contribution is 6.09. The van der Waals surface area contributed by atoms with Gasteiger partial charge in [0.15, 0.2) is 0 Å². The summed E-state index contributed by atoms with van der Waals surface area (Å²) in [5.41, 5.74) is 22.1. The van der Waals surface area contributed by atoms with E-state index in [4.69, 9.17) is 21.5 Å². The highest BCUT2D eigenvalue weighted by Gasteiger charge is 2.18. The van der Waals surface area contributed by atoms with Gasteiger partial charge in [0.05, 0.1) is 22.8 Å². The highest BCUT2D eigenvalue weighted by atomic mass is 14.8. The molecule has 0 unspecified atom stereocenters. The maximum absolute atomic E-state index is 5.86. The van der Waals surface area contributed by atoms with Crippen LogP contribution in [0.2, 0.25) is 0 Å². The molecule has 0 radical (unpaired) electrons. The molecule has 0 fully saturated rings. The van der Waals surface area contributed by atoms with E-state index in [0.29, 0.717) is 0 Å². The normalized spacial score (nSPS) is 14.6. The van der Waals surface area contributed by atoms with E-state index in [1.54, 1.807) is 0 Å². The van der Waals surface area contributed by atoms with Crippen LogP contribution >= 0.6 is 0 Å². The van der Waals surface area contributed by atoms with Gasteiger partial charge in [-0.1, -0.05) is 36.4 Å². The summed E-state index contributed by atoms with van der Waals surface area (Å²) >= 11 is 0. The van der Waals surface area contributed by atoms with Crippen molar-refractivity contribution in [1.29, 1.82) is 0 Å². The molecule has 4 nitrogen and oxygen atoms in total. The lowest BCUT2D eigenvalue weighted by Gasteiger charge is -2.04. The Balaban J connectivity index is 1.41. The standard InChI is InChI=1S/C22H18N4/c23-17-7-5-15-9-19(25-21(15)11-17)13-1-2-14(4-3-13)20-10-16-6-8-18(24)12-22(16)26-20/h1-8,11-12H,9-10,23-24H2. The molecule has 2 heterocycles. The third-order valence-corrected chi connectivity index (χ3v) is 5.00. The lowest BCUT2D eigenvalue weighted by atomic mass is 10.00. The molecule has 0 saturated heterocycles. The Hall–Kier alpha value is -3.40. The van der Waals surface area contributed by atoms with E-state index in [1.165, 1.54) is 11.1 Å². The topological polar surface area (TPSA) is 76.8 Å². The second kappa shape index (κ2) is 5.56. The molecule has 2 aliphatic heterocycles. The fourth-order valence-corrected chi connectivity index (χ4v) is 3.59. The largest absolute Gasteiger partial charge is 0.399 e. The number of benzene rings is 3. The molecule has 2 aliphatic rings. The van der Waals surface area contributed by atoms with Crippen LogP contribution in [-0.4, -0.2) is 11.4 Å². The Morgan fingerprint density at radius 2 is 1.00 bits per heavy atom. The Bertz CT molecular complexity index is 1000. The van der Waals surface area contributed by atoms with E-state index >= 15 is 0 Å². The molecular formula is C22H18N4. The van der Waals surface area contributed by atoms with Gasteiger partial charge in [-0.05, 0) is 46.5 Å². The van der Waals surface area contributed by atoms with Gasteiger partial charge in [0.25, 0.3) is 0 Å². The molecule has 5 rings (SSSR count). The molecule has 0 atom stereocenters. The number of nitrogens with two attached hydrogens (primary N) is 2. The molecule has 0 aliphatic carbocycles. The minimum atomic E-state index is 0.753. The van der Waals surface area contributed by atoms with E-state index in [9.17, 15) is 0 Å². The molecule has 0 bridgehead atoms. The molecule has 4 heteroatoms. The van der Waals surface area contributed by atoms with Crippen molar-refractivity contribution in [3.05, 3.63) is 82.9 Å². The van der Waals surface area contributed by atoms with Crippen LogP contribution in [0.4, 0.5) is 22.7 Å². The molecule has 126 valence electrons. The molecule has 26 heavy (non-hydrogen) atoms. The van der Waals surface area contributed by atoms with E-state index < -0.39 is 0 Å². The van der Waals surface area contributed by atoms with Gasteiger partial charge in [0, 0.05) is 24.2 Å². The van der Waals surface area contributed by atoms with Crippen molar-refractivity contribution in [2.75, 3.05) is 11.5 Å². The first-order valence-electron chi connectivity index (χ1n) is 8.68. The van der Waals surface area contributed by atoms with E-state index in [-0.39, 0.29) is 0 Å². The van der Waals surface area contributed by atoms with Gasteiger partial charge in [-0.15, -0.1) is 0 Å². The average molecular weight is 338 g/mol. The third kappa shape index (κ3) is 2.47. The molecule has 0 aromatic heterocycles. The Morgan fingerprint density at radius 3 is 1.42 bits per heavy atom. The minimum absolute atomic E-state index is 0.753. The van der Waals surface area contributed by atoms with Crippen molar-refractivity contribution in [1.82, 2.24) is 0 Å². The van der Waals surface area contributed by atoms with Crippen LogP contribution in [0.5, 0.6) is 0 Å². The van der Waals surface area contributed by atoms with Crippen LogP contribution < -0.4 is 11.5 Å². The van der Waals surface area contributed by atoms with Gasteiger partial charge in [-0.25, -0.2) is 0 Å². The maximum Gasteiger partial charge on any atom is 0.0689 e. The summed E-state index contributed by atoms with van der Waals surface area (Å²) < 4.78 is 0. The van der Waals surface area contributed by atoms with Crippen LogP contribution in [0.25, 0.3) is 0 Å². The second-order valence-electron chi connectivity index (χ2n) is 6.82. The van der Waals surface area contributed by atoms with Crippen molar-refractivity contribution in [2.24, 2.45) is 9.98 Å². The maximum atomic E-state index is 5.86. The van der Waals surface area contributed by atoms with Crippen LogP contribution in [0.15, 0.2) is 70.6 Å². The highest BCUT2D eigenvalue weighted by Crippen LogP contribution is 2.32. The van der Waals surface area contributed by atoms with Gasteiger partial charge < -0.3 is 11.5 Å².